The molecular formula is C13H27NO. The smallest absolute Gasteiger partial charge is 0.0700 e. The van der Waals surface area contributed by atoms with Crippen LogP contribution in [0.15, 0.2) is 0 Å². The second-order valence-electron chi connectivity index (χ2n) is 6.14. The minimum absolute atomic E-state index is 0.391. The van der Waals surface area contributed by atoms with E-state index in [1.54, 1.807) is 0 Å². The quantitative estimate of drug-likeness (QED) is 0.775. The molecular weight excluding hydrogens is 186 g/mol. The average molecular weight is 213 g/mol. The maximum Gasteiger partial charge on any atom is 0.0700 e. The molecule has 1 rings (SSSR count). The Morgan fingerprint density at radius 1 is 1.40 bits per heavy atom. The molecule has 1 aliphatic heterocycles. The third kappa shape index (κ3) is 4.98. The number of hydrogen-bond acceptors (Lipinski definition) is 2. The lowest BCUT2D eigenvalue weighted by atomic mass is 9.89. The van der Waals surface area contributed by atoms with Gasteiger partial charge in [-0.15, -0.1) is 0 Å². The third-order valence-corrected chi connectivity index (χ3v) is 3.20. The number of rotatable bonds is 4. The van der Waals surface area contributed by atoms with Gasteiger partial charge in [0.1, 0.15) is 0 Å². The van der Waals surface area contributed by atoms with Crippen LogP contribution >= 0.6 is 0 Å². The molecule has 90 valence electrons. The summed E-state index contributed by atoms with van der Waals surface area (Å²) in [6, 6.07) is 1.18. The van der Waals surface area contributed by atoms with Crippen LogP contribution in [0, 0.1) is 5.41 Å². The molecule has 0 radical (unpaired) electrons. The van der Waals surface area contributed by atoms with Crippen molar-refractivity contribution in [2.75, 3.05) is 6.61 Å². The Balaban J connectivity index is 2.20. The van der Waals surface area contributed by atoms with Gasteiger partial charge < -0.3 is 10.1 Å². The Kier molecular flexibility index (Phi) is 4.60. The first-order valence-electron chi connectivity index (χ1n) is 6.26. The van der Waals surface area contributed by atoms with E-state index in [0.717, 1.165) is 6.61 Å². The van der Waals surface area contributed by atoms with Gasteiger partial charge in [0, 0.05) is 18.7 Å². The second-order valence-corrected chi connectivity index (χ2v) is 6.14. The summed E-state index contributed by atoms with van der Waals surface area (Å²) in [7, 11) is 0. The first-order chi connectivity index (χ1) is 6.88. The van der Waals surface area contributed by atoms with E-state index in [2.05, 4.69) is 39.9 Å². The van der Waals surface area contributed by atoms with Crippen LogP contribution in [0.4, 0.5) is 0 Å². The van der Waals surface area contributed by atoms with Crippen molar-refractivity contribution in [1.82, 2.24) is 5.32 Å². The fraction of sp³-hybridized carbons (Fsp3) is 1.00. The molecule has 2 heteroatoms. The molecule has 1 fully saturated rings. The van der Waals surface area contributed by atoms with Crippen molar-refractivity contribution in [3.8, 4) is 0 Å². The van der Waals surface area contributed by atoms with Gasteiger partial charge in [-0.2, -0.15) is 0 Å². The van der Waals surface area contributed by atoms with E-state index in [1.165, 1.54) is 19.3 Å². The highest BCUT2D eigenvalue weighted by molar-refractivity contribution is 4.82. The van der Waals surface area contributed by atoms with E-state index in [1.807, 2.05) is 0 Å². The third-order valence-electron chi connectivity index (χ3n) is 3.20. The predicted molar refractivity (Wildman–Crippen MR) is 65.1 cm³/mol. The van der Waals surface area contributed by atoms with Crippen molar-refractivity contribution < 1.29 is 4.74 Å². The Labute approximate surface area is 94.8 Å². The van der Waals surface area contributed by atoms with Gasteiger partial charge in [-0.05, 0) is 38.5 Å². The average Bonchev–Trinajstić information content (AvgIpc) is 2.47. The van der Waals surface area contributed by atoms with Crippen molar-refractivity contribution in [2.45, 2.75) is 72.1 Å². The van der Waals surface area contributed by atoms with Crippen LogP contribution < -0.4 is 5.32 Å². The van der Waals surface area contributed by atoms with Crippen molar-refractivity contribution in [3.63, 3.8) is 0 Å². The Bertz CT molecular complexity index is 185. The first-order valence-corrected chi connectivity index (χ1v) is 6.26. The second kappa shape index (κ2) is 5.31. The molecule has 0 bridgehead atoms. The molecule has 1 N–H and O–H groups in total. The SMILES string of the molecule is CC(CCC(C)(C)C)NC1CCOC1C. The molecule has 2 nitrogen and oxygen atoms in total. The van der Waals surface area contributed by atoms with Gasteiger partial charge in [0.15, 0.2) is 0 Å². The molecule has 0 aromatic rings. The standard InChI is InChI=1S/C13H27NO/c1-10(6-8-13(3,4)5)14-12-7-9-15-11(12)2/h10-12,14H,6-9H2,1-5H3. The fourth-order valence-electron chi connectivity index (χ4n) is 2.05. The Morgan fingerprint density at radius 3 is 2.53 bits per heavy atom. The summed E-state index contributed by atoms with van der Waals surface area (Å²) in [5, 5.41) is 3.68. The molecule has 0 saturated carbocycles. The van der Waals surface area contributed by atoms with Crippen LogP contribution in [0.1, 0.15) is 53.9 Å². The van der Waals surface area contributed by atoms with E-state index < -0.39 is 0 Å². The largest absolute Gasteiger partial charge is 0.377 e. The van der Waals surface area contributed by atoms with Crippen molar-refractivity contribution in [1.29, 1.82) is 0 Å². The van der Waals surface area contributed by atoms with Gasteiger partial charge in [0.05, 0.1) is 6.10 Å². The summed E-state index contributed by atoms with van der Waals surface area (Å²) in [6.07, 6.45) is 4.10. The zero-order valence-corrected chi connectivity index (χ0v) is 11.0. The summed E-state index contributed by atoms with van der Waals surface area (Å²) in [5.41, 5.74) is 0.452. The molecule has 0 spiro atoms. The van der Waals surface area contributed by atoms with Crippen LogP contribution in [0.2, 0.25) is 0 Å². The lowest BCUT2D eigenvalue weighted by Gasteiger charge is -2.25. The number of nitrogens with one attached hydrogen (secondary N) is 1. The van der Waals surface area contributed by atoms with E-state index in [0.29, 0.717) is 23.6 Å². The summed E-state index contributed by atoms with van der Waals surface area (Å²) in [4.78, 5) is 0. The molecule has 0 aromatic heterocycles. The highest BCUT2D eigenvalue weighted by Crippen LogP contribution is 2.22. The van der Waals surface area contributed by atoms with E-state index in [-0.39, 0.29) is 0 Å². The van der Waals surface area contributed by atoms with Crippen molar-refractivity contribution >= 4 is 0 Å². The molecule has 1 aliphatic rings. The maximum atomic E-state index is 5.55. The monoisotopic (exact) mass is 213 g/mol. The van der Waals surface area contributed by atoms with Crippen LogP contribution in [0.5, 0.6) is 0 Å². The van der Waals surface area contributed by atoms with E-state index in [4.69, 9.17) is 4.74 Å². The van der Waals surface area contributed by atoms with Gasteiger partial charge in [-0.25, -0.2) is 0 Å². The van der Waals surface area contributed by atoms with Crippen LogP contribution in [0.25, 0.3) is 0 Å². The zero-order chi connectivity index (χ0) is 11.5. The predicted octanol–water partition coefficient (Wildman–Crippen LogP) is 2.97. The molecule has 1 saturated heterocycles. The van der Waals surface area contributed by atoms with Gasteiger partial charge in [-0.3, -0.25) is 0 Å². The molecule has 3 atom stereocenters. The molecule has 3 unspecified atom stereocenters. The van der Waals surface area contributed by atoms with Crippen molar-refractivity contribution in [3.05, 3.63) is 0 Å². The number of ether oxygens (including phenoxy) is 1. The molecule has 0 aromatic carbocycles. The Hall–Kier alpha value is -0.0800. The maximum absolute atomic E-state index is 5.55. The molecule has 0 amide bonds. The van der Waals surface area contributed by atoms with E-state index >= 15 is 0 Å². The van der Waals surface area contributed by atoms with Crippen LogP contribution in [0.3, 0.4) is 0 Å². The van der Waals surface area contributed by atoms with Crippen LogP contribution in [-0.2, 0) is 4.74 Å². The van der Waals surface area contributed by atoms with Gasteiger partial charge in [0.2, 0.25) is 0 Å². The summed E-state index contributed by atoms with van der Waals surface area (Å²) in [6.45, 7) is 12.3. The summed E-state index contributed by atoms with van der Waals surface area (Å²) < 4.78 is 5.55. The summed E-state index contributed by atoms with van der Waals surface area (Å²) >= 11 is 0. The van der Waals surface area contributed by atoms with Crippen LogP contribution in [-0.4, -0.2) is 24.8 Å². The minimum atomic E-state index is 0.391. The van der Waals surface area contributed by atoms with Gasteiger partial charge in [0.25, 0.3) is 0 Å². The normalized spacial score (nSPS) is 29.4. The Morgan fingerprint density at radius 2 is 2.07 bits per heavy atom. The van der Waals surface area contributed by atoms with Crippen molar-refractivity contribution in [2.24, 2.45) is 5.41 Å². The highest BCUT2D eigenvalue weighted by Gasteiger charge is 2.25. The number of hydrogen-bond donors (Lipinski definition) is 1. The lowest BCUT2D eigenvalue weighted by Crippen LogP contribution is -2.40. The first kappa shape index (κ1) is 13.0. The molecule has 15 heavy (non-hydrogen) atoms. The lowest BCUT2D eigenvalue weighted by molar-refractivity contribution is 0.110. The zero-order valence-electron chi connectivity index (χ0n) is 11.0. The highest BCUT2D eigenvalue weighted by atomic mass is 16.5. The molecule has 0 aliphatic carbocycles. The van der Waals surface area contributed by atoms with Gasteiger partial charge in [-0.1, -0.05) is 20.8 Å². The van der Waals surface area contributed by atoms with Gasteiger partial charge >= 0.3 is 0 Å². The summed E-state index contributed by atoms with van der Waals surface area (Å²) in [5.74, 6) is 0. The molecule has 1 heterocycles. The van der Waals surface area contributed by atoms with E-state index in [9.17, 15) is 0 Å². The topological polar surface area (TPSA) is 21.3 Å². The minimum Gasteiger partial charge on any atom is -0.377 e. The fourth-order valence-corrected chi connectivity index (χ4v) is 2.05.